The fourth-order valence-corrected chi connectivity index (χ4v) is 2.10. The third-order valence-electron chi connectivity index (χ3n) is 2.73. The molecule has 0 heterocycles. The molecule has 21 heavy (non-hydrogen) atoms. The van der Waals surface area contributed by atoms with Gasteiger partial charge < -0.3 is 15.2 Å². The molecule has 0 spiro atoms. The number of hydrogen-bond acceptors (Lipinski definition) is 3. The highest BCUT2D eigenvalue weighted by molar-refractivity contribution is 9.10. The molecule has 1 amide bonds. The molecule has 0 aliphatic heterocycles. The number of aliphatic carboxylic acids is 1. The standard InChI is InChI=1S/C14H17BrFNO4/c1-2-3-4-11(14(19)20)17-13(18)8-21-12-6-5-9(16)7-10(12)15/h5-7,11H,2-4,8H2,1H3,(H,17,18)(H,19,20)/t11-/m0/s1. The molecule has 5 nitrogen and oxygen atoms in total. The lowest BCUT2D eigenvalue weighted by atomic mass is 10.1. The number of ether oxygens (including phenoxy) is 1. The molecule has 2 N–H and O–H groups in total. The van der Waals surface area contributed by atoms with E-state index in [1.807, 2.05) is 6.92 Å². The van der Waals surface area contributed by atoms with E-state index >= 15 is 0 Å². The van der Waals surface area contributed by atoms with Crippen molar-refractivity contribution in [3.63, 3.8) is 0 Å². The van der Waals surface area contributed by atoms with Crippen LogP contribution in [0.1, 0.15) is 26.2 Å². The number of unbranched alkanes of at least 4 members (excludes halogenated alkanes) is 1. The molecule has 7 heteroatoms. The van der Waals surface area contributed by atoms with Gasteiger partial charge in [-0.2, -0.15) is 0 Å². The van der Waals surface area contributed by atoms with Crippen molar-refractivity contribution >= 4 is 27.8 Å². The molecule has 1 rings (SSSR count). The van der Waals surface area contributed by atoms with Crippen LogP contribution in [0, 0.1) is 5.82 Å². The summed E-state index contributed by atoms with van der Waals surface area (Å²) in [4.78, 5) is 22.7. The Kier molecular flexibility index (Phi) is 7.14. The number of nitrogens with one attached hydrogen (secondary N) is 1. The summed E-state index contributed by atoms with van der Waals surface area (Å²) in [6.07, 6.45) is 1.93. The lowest BCUT2D eigenvalue weighted by Crippen LogP contribution is -2.42. The van der Waals surface area contributed by atoms with E-state index in [2.05, 4.69) is 21.2 Å². The van der Waals surface area contributed by atoms with Crippen LogP contribution in [-0.4, -0.2) is 29.6 Å². The van der Waals surface area contributed by atoms with Crippen LogP contribution in [0.5, 0.6) is 5.75 Å². The number of carbonyl (C=O) groups excluding carboxylic acids is 1. The molecule has 0 saturated heterocycles. The first-order valence-electron chi connectivity index (χ1n) is 6.54. The highest BCUT2D eigenvalue weighted by Gasteiger charge is 2.19. The van der Waals surface area contributed by atoms with Crippen molar-refractivity contribution in [2.75, 3.05) is 6.61 Å². The number of hydrogen-bond donors (Lipinski definition) is 2. The quantitative estimate of drug-likeness (QED) is 0.746. The molecule has 0 saturated carbocycles. The predicted molar refractivity (Wildman–Crippen MR) is 78.7 cm³/mol. The Morgan fingerprint density at radius 2 is 2.19 bits per heavy atom. The molecule has 0 bridgehead atoms. The molecule has 0 fully saturated rings. The zero-order valence-corrected chi connectivity index (χ0v) is 13.2. The van der Waals surface area contributed by atoms with Crippen LogP contribution >= 0.6 is 15.9 Å². The van der Waals surface area contributed by atoms with Crippen LogP contribution in [-0.2, 0) is 9.59 Å². The van der Waals surface area contributed by atoms with Crippen molar-refractivity contribution in [3.05, 3.63) is 28.5 Å². The van der Waals surface area contributed by atoms with Crippen molar-refractivity contribution < 1.29 is 23.8 Å². The lowest BCUT2D eigenvalue weighted by Gasteiger charge is -2.14. The normalized spacial score (nSPS) is 11.8. The van der Waals surface area contributed by atoms with E-state index in [1.54, 1.807) is 0 Å². The SMILES string of the molecule is CCCC[C@H](NC(=O)COc1ccc(F)cc1Br)C(=O)O. The molecular weight excluding hydrogens is 345 g/mol. The van der Waals surface area contributed by atoms with Crippen molar-refractivity contribution in [1.29, 1.82) is 0 Å². The Morgan fingerprint density at radius 3 is 2.76 bits per heavy atom. The molecule has 1 aromatic rings. The number of carboxylic acid groups (broad SMARTS) is 1. The van der Waals surface area contributed by atoms with Crippen LogP contribution < -0.4 is 10.1 Å². The smallest absolute Gasteiger partial charge is 0.326 e. The van der Waals surface area contributed by atoms with Crippen molar-refractivity contribution in [3.8, 4) is 5.75 Å². The second-order valence-electron chi connectivity index (χ2n) is 4.46. The summed E-state index contributed by atoms with van der Waals surface area (Å²) >= 11 is 3.11. The number of carbonyl (C=O) groups is 2. The largest absolute Gasteiger partial charge is 0.483 e. The van der Waals surface area contributed by atoms with Crippen LogP contribution in [0.25, 0.3) is 0 Å². The molecule has 0 aliphatic rings. The Hall–Kier alpha value is -1.63. The Balaban J connectivity index is 2.50. The van der Waals surface area contributed by atoms with Gasteiger partial charge >= 0.3 is 5.97 Å². The third-order valence-corrected chi connectivity index (χ3v) is 3.35. The minimum absolute atomic E-state index is 0.312. The number of halogens is 2. The molecule has 0 unspecified atom stereocenters. The zero-order chi connectivity index (χ0) is 15.8. The van der Waals surface area contributed by atoms with Gasteiger partial charge in [-0.15, -0.1) is 0 Å². The predicted octanol–water partition coefficient (Wildman–Crippen LogP) is 2.73. The van der Waals surface area contributed by atoms with E-state index < -0.39 is 23.7 Å². The molecule has 116 valence electrons. The number of amides is 1. The molecule has 0 radical (unpaired) electrons. The fourth-order valence-electron chi connectivity index (χ4n) is 1.64. The minimum Gasteiger partial charge on any atom is -0.483 e. The topological polar surface area (TPSA) is 75.6 Å². The summed E-state index contributed by atoms with van der Waals surface area (Å²) in [6, 6.07) is 2.89. The zero-order valence-electron chi connectivity index (χ0n) is 11.6. The van der Waals surface area contributed by atoms with Crippen LogP contribution in [0.2, 0.25) is 0 Å². The minimum atomic E-state index is -1.07. The first-order chi connectivity index (χ1) is 9.93. The van der Waals surface area contributed by atoms with E-state index in [0.717, 1.165) is 6.42 Å². The third kappa shape index (κ3) is 6.12. The fraction of sp³-hybridized carbons (Fsp3) is 0.429. The van der Waals surface area contributed by atoms with Gasteiger partial charge in [0.25, 0.3) is 5.91 Å². The Bertz CT molecular complexity index is 510. The number of benzene rings is 1. The summed E-state index contributed by atoms with van der Waals surface area (Å²) in [5, 5.41) is 11.4. The van der Waals surface area contributed by atoms with Gasteiger partial charge in [-0.25, -0.2) is 9.18 Å². The number of carboxylic acids is 1. The Labute approximate surface area is 130 Å². The van der Waals surface area contributed by atoms with Gasteiger partial charge in [0.1, 0.15) is 17.6 Å². The van der Waals surface area contributed by atoms with Crippen LogP contribution in [0.4, 0.5) is 4.39 Å². The van der Waals surface area contributed by atoms with Gasteiger partial charge in [-0.3, -0.25) is 4.79 Å². The van der Waals surface area contributed by atoms with Gasteiger partial charge in [-0.05, 0) is 40.5 Å². The van der Waals surface area contributed by atoms with Gasteiger partial charge in [0, 0.05) is 0 Å². The van der Waals surface area contributed by atoms with E-state index in [-0.39, 0.29) is 6.61 Å². The number of rotatable bonds is 8. The Morgan fingerprint density at radius 1 is 1.48 bits per heavy atom. The summed E-state index contributed by atoms with van der Waals surface area (Å²) < 4.78 is 18.5. The van der Waals surface area contributed by atoms with E-state index in [4.69, 9.17) is 9.84 Å². The molecule has 1 aromatic carbocycles. The van der Waals surface area contributed by atoms with E-state index in [1.165, 1.54) is 18.2 Å². The highest BCUT2D eigenvalue weighted by atomic mass is 79.9. The average Bonchev–Trinajstić information content (AvgIpc) is 2.42. The molecule has 1 atom stereocenters. The summed E-state index contributed by atoms with van der Waals surface area (Å²) in [5.41, 5.74) is 0. The lowest BCUT2D eigenvalue weighted by molar-refractivity contribution is -0.142. The first-order valence-corrected chi connectivity index (χ1v) is 7.33. The van der Waals surface area contributed by atoms with Gasteiger partial charge in [0.05, 0.1) is 4.47 Å². The second kappa shape index (κ2) is 8.61. The summed E-state index contributed by atoms with van der Waals surface area (Å²) in [5.74, 6) is -1.72. The van der Waals surface area contributed by atoms with E-state index in [0.29, 0.717) is 23.1 Å². The molecular formula is C14H17BrFNO4. The maximum Gasteiger partial charge on any atom is 0.326 e. The molecule has 0 aliphatic carbocycles. The maximum atomic E-state index is 12.9. The molecule has 0 aromatic heterocycles. The van der Waals surface area contributed by atoms with Crippen LogP contribution in [0.3, 0.4) is 0 Å². The first kappa shape index (κ1) is 17.4. The maximum absolute atomic E-state index is 12.9. The van der Waals surface area contributed by atoms with Gasteiger partial charge in [-0.1, -0.05) is 19.8 Å². The summed E-state index contributed by atoms with van der Waals surface area (Å²) in [7, 11) is 0. The average molecular weight is 362 g/mol. The van der Waals surface area contributed by atoms with Crippen molar-refractivity contribution in [1.82, 2.24) is 5.32 Å². The second-order valence-corrected chi connectivity index (χ2v) is 5.32. The van der Waals surface area contributed by atoms with E-state index in [9.17, 15) is 14.0 Å². The van der Waals surface area contributed by atoms with Crippen LogP contribution in [0.15, 0.2) is 22.7 Å². The highest BCUT2D eigenvalue weighted by Crippen LogP contribution is 2.25. The monoisotopic (exact) mass is 361 g/mol. The van der Waals surface area contributed by atoms with Gasteiger partial charge in [0.2, 0.25) is 0 Å². The summed E-state index contributed by atoms with van der Waals surface area (Å²) in [6.45, 7) is 1.61. The van der Waals surface area contributed by atoms with Crippen molar-refractivity contribution in [2.45, 2.75) is 32.2 Å². The van der Waals surface area contributed by atoms with Gasteiger partial charge in [0.15, 0.2) is 6.61 Å². The van der Waals surface area contributed by atoms with Crippen molar-refractivity contribution in [2.24, 2.45) is 0 Å².